The van der Waals surface area contributed by atoms with E-state index in [2.05, 4.69) is 5.32 Å². The normalized spacial score (nSPS) is 34.4. The molecule has 1 amide bonds. The third-order valence-electron chi connectivity index (χ3n) is 12.5. The number of aliphatic hydroxyl groups excluding tert-OH is 3. The number of amides is 1. The number of ketones is 1. The summed E-state index contributed by atoms with van der Waals surface area (Å²) in [6, 6.07) is 15.1. The number of fused-ring (bicyclic) bond motifs is 5. The van der Waals surface area contributed by atoms with Crippen molar-refractivity contribution in [3.8, 4) is 0 Å². The predicted molar refractivity (Wildman–Crippen MR) is 188 cm³/mol. The molecule has 292 valence electrons. The number of hydrogen-bond donors (Lipinski definition) is 6. The van der Waals surface area contributed by atoms with Crippen molar-refractivity contribution in [2.75, 3.05) is 6.61 Å². The van der Waals surface area contributed by atoms with E-state index in [4.69, 9.17) is 14.2 Å². The van der Waals surface area contributed by atoms with Gasteiger partial charge in [-0.2, -0.15) is 0 Å². The van der Waals surface area contributed by atoms with Crippen molar-refractivity contribution in [1.29, 1.82) is 0 Å². The van der Waals surface area contributed by atoms with Crippen LogP contribution in [0.25, 0.3) is 0 Å². The van der Waals surface area contributed by atoms with E-state index in [0.717, 1.165) is 0 Å². The van der Waals surface area contributed by atoms with Gasteiger partial charge in [-0.1, -0.05) is 64.1 Å². The van der Waals surface area contributed by atoms with E-state index in [9.17, 15) is 44.7 Å². The second-order valence-corrected chi connectivity index (χ2v) is 16.1. The summed E-state index contributed by atoms with van der Waals surface area (Å²) in [7, 11) is 0. The van der Waals surface area contributed by atoms with Gasteiger partial charge in [0, 0.05) is 118 Å². The largest absolute Gasteiger partial charge is 0.456 e. The second kappa shape index (κ2) is 17.2. The zero-order valence-electron chi connectivity index (χ0n) is 31.8. The number of benzene rings is 2. The minimum atomic E-state index is -2.28. The summed E-state index contributed by atoms with van der Waals surface area (Å²) in [6.45, 7) is 9.15. The molecule has 9 unspecified atom stereocenters. The molecule has 15 heteroatoms. The standard InChI is InChI=1S/C40H49NO12.2Ac/c1-20(2)28(41-34(46)22-13-9-7-10-14-22)30(44)36(48)52-24-18-40(50)33(53-35(47)23-15-11-8-12-16-23)31-38(6,25(42)17-26-39(31,49)19-51-26)32(45)29(43)27(21(24)3)37(40,4)5;;/h7-16,20,24-26,28-31,33,42-44,49-50H,17-19H2,1-6H3,(H,41,46);;/t24?,25?,26?,28?,29?,30?,31?,33?,38-,39+,40?;;/m1../s1. The number of rotatable bonds is 8. The molecule has 2 aromatic carbocycles. The maximum absolute atomic E-state index is 14.6. The van der Waals surface area contributed by atoms with Crippen molar-refractivity contribution in [2.45, 2.75) is 108 Å². The molecule has 3 aliphatic carbocycles. The number of hydrogen-bond acceptors (Lipinski definition) is 12. The summed E-state index contributed by atoms with van der Waals surface area (Å²) >= 11 is 0. The van der Waals surface area contributed by atoms with E-state index in [-0.39, 0.29) is 118 Å². The number of carbonyl (C=O) groups excluding carboxylic acids is 4. The van der Waals surface area contributed by atoms with E-state index in [1.54, 1.807) is 76.2 Å². The molecular formula is C40H49Ac2NO12. The Labute approximate surface area is 392 Å². The molecule has 6 rings (SSSR count). The van der Waals surface area contributed by atoms with Crippen LogP contribution in [-0.4, -0.2) is 110 Å². The van der Waals surface area contributed by atoms with Gasteiger partial charge >= 0.3 is 11.9 Å². The summed E-state index contributed by atoms with van der Waals surface area (Å²) in [5.41, 5.74) is -7.07. The maximum atomic E-state index is 14.6. The van der Waals surface area contributed by atoms with Gasteiger partial charge in [-0.15, -0.1) is 0 Å². The number of esters is 2. The Morgan fingerprint density at radius 1 is 0.909 bits per heavy atom. The van der Waals surface area contributed by atoms with E-state index in [1.165, 1.54) is 26.0 Å². The Bertz CT molecular complexity index is 1810. The van der Waals surface area contributed by atoms with Gasteiger partial charge in [-0.05, 0) is 55.2 Å². The van der Waals surface area contributed by atoms with Crippen LogP contribution in [0.2, 0.25) is 0 Å². The van der Waals surface area contributed by atoms with Crippen LogP contribution in [0.3, 0.4) is 0 Å². The van der Waals surface area contributed by atoms with Gasteiger partial charge in [-0.3, -0.25) is 9.59 Å². The smallest absolute Gasteiger partial charge is 0.338 e. The van der Waals surface area contributed by atoms with Gasteiger partial charge in [-0.25, -0.2) is 9.59 Å². The first kappa shape index (κ1) is 46.6. The van der Waals surface area contributed by atoms with Crippen molar-refractivity contribution in [1.82, 2.24) is 5.32 Å². The molecule has 1 saturated heterocycles. The van der Waals surface area contributed by atoms with E-state index in [1.807, 2.05) is 0 Å². The topological polar surface area (TPSA) is 209 Å². The molecule has 0 spiro atoms. The van der Waals surface area contributed by atoms with Crippen molar-refractivity contribution in [2.24, 2.45) is 22.7 Å². The molecule has 1 aliphatic heterocycles. The summed E-state index contributed by atoms with van der Waals surface area (Å²) < 4.78 is 17.7. The van der Waals surface area contributed by atoms with Gasteiger partial charge in [0.2, 0.25) is 0 Å². The summed E-state index contributed by atoms with van der Waals surface area (Å²) in [6.07, 6.45) is -10.0. The first-order valence-corrected chi connectivity index (χ1v) is 18.0. The molecule has 4 aliphatic rings. The van der Waals surface area contributed by atoms with Crippen molar-refractivity contribution >= 4 is 23.6 Å². The van der Waals surface area contributed by atoms with Gasteiger partial charge in [0.05, 0.1) is 35.8 Å². The van der Waals surface area contributed by atoms with Gasteiger partial charge in [0.15, 0.2) is 11.9 Å². The Morgan fingerprint density at radius 2 is 1.47 bits per heavy atom. The monoisotopic (exact) mass is 1190 g/mol. The molecule has 0 aromatic heterocycles. The van der Waals surface area contributed by atoms with Crippen LogP contribution >= 0.6 is 0 Å². The van der Waals surface area contributed by atoms with Crippen molar-refractivity contribution in [3.63, 3.8) is 0 Å². The fourth-order valence-corrected chi connectivity index (χ4v) is 9.17. The first-order valence-electron chi connectivity index (χ1n) is 18.0. The number of Topliss-reactive ketones (excluding diaryl/α,β-unsaturated/α-hetero) is 1. The molecule has 2 radical (unpaired) electrons. The minimum Gasteiger partial charge on any atom is -0.456 e. The third kappa shape index (κ3) is 7.76. The zero-order chi connectivity index (χ0) is 38.8. The third-order valence-corrected chi connectivity index (χ3v) is 12.5. The quantitative estimate of drug-likeness (QED) is 0.166. The van der Waals surface area contributed by atoms with Gasteiger partial charge < -0.3 is 45.1 Å². The van der Waals surface area contributed by atoms with E-state index < -0.39 is 107 Å². The summed E-state index contributed by atoms with van der Waals surface area (Å²) in [5.74, 6) is -5.39. The average Bonchev–Trinajstić information content (AvgIpc) is 3.12. The van der Waals surface area contributed by atoms with Gasteiger partial charge in [0.1, 0.15) is 29.5 Å². The summed E-state index contributed by atoms with van der Waals surface area (Å²) in [4.78, 5) is 55.3. The minimum absolute atomic E-state index is 0. The molecular weight excluding hydrogens is 1140 g/mol. The Morgan fingerprint density at radius 3 is 2.00 bits per heavy atom. The molecule has 11 atom stereocenters. The van der Waals surface area contributed by atoms with Crippen LogP contribution < -0.4 is 5.32 Å². The van der Waals surface area contributed by atoms with Crippen LogP contribution in [0, 0.1) is 111 Å². The molecule has 55 heavy (non-hydrogen) atoms. The second-order valence-electron chi connectivity index (χ2n) is 16.1. The Kier molecular flexibility index (Phi) is 14.6. The van der Waals surface area contributed by atoms with E-state index in [0.29, 0.717) is 5.56 Å². The zero-order valence-corrected chi connectivity index (χ0v) is 41.3. The number of nitrogens with one attached hydrogen (secondary N) is 1. The Balaban J connectivity index is 0.00000336. The van der Waals surface area contributed by atoms with E-state index >= 15 is 0 Å². The maximum Gasteiger partial charge on any atom is 0.338 e. The summed E-state index contributed by atoms with van der Waals surface area (Å²) in [5, 5.41) is 63.0. The average molecular weight is 1190 g/mol. The van der Waals surface area contributed by atoms with Crippen LogP contribution in [0.4, 0.5) is 0 Å². The SMILES string of the molecule is CC1=C2C(O)C(=O)[C@]3(C)C(O)CC4OC[C@@]4(O)C3C(OC(=O)c3ccccc3)C(O)(CC1OC(=O)C(O)C(NC(=O)c1ccccc1)C(C)C)C2(C)C.[Ac].[Ac]. The molecule has 13 nitrogen and oxygen atoms in total. The van der Waals surface area contributed by atoms with Crippen LogP contribution in [-0.2, 0) is 23.8 Å². The molecule has 2 aromatic rings. The number of carbonyl (C=O) groups is 4. The van der Waals surface area contributed by atoms with Crippen LogP contribution in [0.15, 0.2) is 71.8 Å². The molecule has 1 heterocycles. The molecule has 2 saturated carbocycles. The Hall–Kier alpha value is -1.10. The number of aliphatic hydroxyl groups is 5. The fourth-order valence-electron chi connectivity index (χ4n) is 9.17. The fraction of sp³-hybridized carbons (Fsp3) is 0.550. The predicted octanol–water partition coefficient (Wildman–Crippen LogP) is 1.88. The van der Waals surface area contributed by atoms with Crippen molar-refractivity contribution in [3.05, 3.63) is 82.9 Å². The van der Waals surface area contributed by atoms with Gasteiger partial charge in [0.25, 0.3) is 5.91 Å². The van der Waals surface area contributed by atoms with Crippen LogP contribution in [0.1, 0.15) is 75.1 Å². The van der Waals surface area contributed by atoms with Crippen LogP contribution in [0.5, 0.6) is 0 Å². The first-order chi connectivity index (χ1) is 24.8. The molecule has 3 fully saturated rings. The molecule has 2 bridgehead atoms. The number of ether oxygens (including phenoxy) is 3. The van der Waals surface area contributed by atoms with Crippen molar-refractivity contribution < 1.29 is 147 Å². The molecule has 6 N–H and O–H groups in total.